The molecule has 1 amide bonds. The van der Waals surface area contributed by atoms with Gasteiger partial charge in [-0.3, -0.25) is 4.79 Å². The minimum Gasteiger partial charge on any atom is -0.396 e. The highest BCUT2D eigenvalue weighted by Gasteiger charge is 2.51. The van der Waals surface area contributed by atoms with Gasteiger partial charge in [-0.15, -0.1) is 0 Å². The average Bonchev–Trinajstić information content (AvgIpc) is 2.95. The molecule has 2 heterocycles. The Bertz CT molecular complexity index is 734. The molecule has 242 valence electrons. The van der Waals surface area contributed by atoms with Crippen LogP contribution in [0.25, 0.3) is 0 Å². The summed E-state index contributed by atoms with van der Waals surface area (Å²) in [4.78, 5) is 12.1. The third-order valence-corrected chi connectivity index (χ3v) is 7.62. The lowest BCUT2D eigenvalue weighted by molar-refractivity contribution is -0.341. The zero-order valence-electron chi connectivity index (χ0n) is 24.3. The first-order valence-electron chi connectivity index (χ1n) is 14.5. The number of nitrogens with one attached hydrogen (secondary N) is 1. The summed E-state index contributed by atoms with van der Waals surface area (Å²) in [6.07, 6.45) is -5.83. The van der Waals surface area contributed by atoms with Gasteiger partial charge in [-0.2, -0.15) is 0 Å². The number of hydrogen-bond donors (Lipinski definition) is 8. The van der Waals surface area contributed by atoms with E-state index in [-0.39, 0.29) is 19.8 Å². The molecule has 14 heteroatoms. The van der Waals surface area contributed by atoms with Gasteiger partial charge in [-0.25, -0.2) is 0 Å². The molecule has 0 aromatic heterocycles. The Morgan fingerprint density at radius 3 is 2.10 bits per heavy atom. The first-order valence-corrected chi connectivity index (χ1v) is 14.5. The quantitative estimate of drug-likeness (QED) is 0.0815. The van der Waals surface area contributed by atoms with Gasteiger partial charge >= 0.3 is 0 Å². The molecule has 0 bridgehead atoms. The van der Waals surface area contributed by atoms with Crippen LogP contribution in [0.1, 0.15) is 59.3 Å². The molecule has 2 aliphatic rings. The molecule has 14 nitrogen and oxygen atoms in total. The highest BCUT2D eigenvalue weighted by molar-refractivity contribution is 5.73. The van der Waals surface area contributed by atoms with Gasteiger partial charge in [0.25, 0.3) is 0 Å². The number of rotatable bonds is 18. The summed E-state index contributed by atoms with van der Waals surface area (Å²) < 4.78 is 29.2. The Labute approximate surface area is 241 Å². The minimum atomic E-state index is -1.66. The van der Waals surface area contributed by atoms with Gasteiger partial charge in [-0.05, 0) is 13.3 Å². The molecule has 10 atom stereocenters. The summed E-state index contributed by atoms with van der Waals surface area (Å²) >= 11 is 0. The van der Waals surface area contributed by atoms with E-state index >= 15 is 0 Å². The zero-order chi connectivity index (χ0) is 30.6. The van der Waals surface area contributed by atoms with Crippen LogP contribution in [0, 0.1) is 5.41 Å². The van der Waals surface area contributed by atoms with Crippen molar-refractivity contribution in [1.29, 1.82) is 0 Å². The predicted molar refractivity (Wildman–Crippen MR) is 143 cm³/mol. The van der Waals surface area contributed by atoms with Crippen molar-refractivity contribution in [3.05, 3.63) is 0 Å². The molecule has 10 unspecified atom stereocenters. The summed E-state index contributed by atoms with van der Waals surface area (Å²) in [5.41, 5.74) is -1.31. The molecule has 2 rings (SSSR count). The molecule has 0 aromatic rings. The van der Waals surface area contributed by atoms with Crippen molar-refractivity contribution in [2.45, 2.75) is 121 Å². The molecular weight excluding hydrogens is 546 g/mol. The van der Waals surface area contributed by atoms with Crippen LogP contribution >= 0.6 is 0 Å². The number of aliphatic hydroxyl groups excluding tert-OH is 7. The maximum absolute atomic E-state index is 12.1. The Morgan fingerprint density at radius 1 is 0.854 bits per heavy atom. The molecular formula is C27H51NO13. The molecule has 0 radical (unpaired) electrons. The highest BCUT2D eigenvalue weighted by atomic mass is 16.7. The Morgan fingerprint density at radius 2 is 1.49 bits per heavy atom. The third-order valence-electron chi connectivity index (χ3n) is 7.62. The van der Waals surface area contributed by atoms with E-state index in [4.69, 9.17) is 23.7 Å². The van der Waals surface area contributed by atoms with Crippen molar-refractivity contribution in [3.8, 4) is 0 Å². The van der Waals surface area contributed by atoms with Crippen molar-refractivity contribution >= 4 is 5.91 Å². The first-order chi connectivity index (χ1) is 19.5. The molecule has 2 saturated heterocycles. The number of aliphatic hydroxyl groups is 7. The number of carbonyl (C=O) groups excluding carboxylic acids is 1. The number of ether oxygens (including phenoxy) is 5. The van der Waals surface area contributed by atoms with Gasteiger partial charge in [0, 0.05) is 13.5 Å². The standard InChI is InChI=1S/C27H51NO13/c1-4-5-6-7-8-9-10-38-25-19(28-17(3)32)24(41-26-23(36)22(35)20(33)16(2)39-26)21(34)18(40-25)11-37-15-27(12-29,13-30)14-31/h16,18-26,29-31,33-36H,4-15H2,1-3H3,(H,28,32). The van der Waals surface area contributed by atoms with E-state index in [9.17, 15) is 40.5 Å². The van der Waals surface area contributed by atoms with Gasteiger partial charge in [0.1, 0.15) is 42.7 Å². The Balaban J connectivity index is 2.22. The first kappa shape index (κ1) is 36.2. The Hall–Kier alpha value is -1.01. The van der Waals surface area contributed by atoms with E-state index in [1.165, 1.54) is 13.8 Å². The minimum absolute atomic E-state index is 0.251. The molecule has 41 heavy (non-hydrogen) atoms. The van der Waals surface area contributed by atoms with E-state index in [1.807, 2.05) is 0 Å². The van der Waals surface area contributed by atoms with Gasteiger partial charge < -0.3 is 64.7 Å². The lowest BCUT2D eigenvalue weighted by Crippen LogP contribution is -2.68. The summed E-state index contributed by atoms with van der Waals surface area (Å²) in [6.45, 7) is 3.04. The maximum atomic E-state index is 12.1. The topological polar surface area (TPSA) is 217 Å². The molecule has 0 saturated carbocycles. The fraction of sp³-hybridized carbons (Fsp3) is 0.963. The summed E-state index contributed by atoms with van der Waals surface area (Å²) in [7, 11) is 0. The normalized spacial score (nSPS) is 34.5. The molecule has 2 fully saturated rings. The highest BCUT2D eigenvalue weighted by Crippen LogP contribution is 2.30. The molecule has 0 aromatic carbocycles. The molecule has 2 aliphatic heterocycles. The third kappa shape index (κ3) is 10.3. The number of carbonyl (C=O) groups is 1. The summed E-state index contributed by atoms with van der Waals surface area (Å²) in [5.74, 6) is -0.463. The van der Waals surface area contributed by atoms with Gasteiger partial charge in [0.2, 0.25) is 5.91 Å². The number of unbranched alkanes of at least 4 members (excludes halogenated alkanes) is 5. The van der Waals surface area contributed by atoms with E-state index < -0.39 is 92.5 Å². The van der Waals surface area contributed by atoms with Crippen LogP contribution in [0.2, 0.25) is 0 Å². The molecule has 0 spiro atoms. The van der Waals surface area contributed by atoms with Crippen LogP contribution in [0.15, 0.2) is 0 Å². The monoisotopic (exact) mass is 597 g/mol. The summed E-state index contributed by atoms with van der Waals surface area (Å²) in [5, 5.41) is 73.6. The maximum Gasteiger partial charge on any atom is 0.217 e. The lowest BCUT2D eigenvalue weighted by atomic mass is 9.92. The zero-order valence-corrected chi connectivity index (χ0v) is 24.3. The smallest absolute Gasteiger partial charge is 0.217 e. The van der Waals surface area contributed by atoms with Gasteiger partial charge in [0.15, 0.2) is 12.6 Å². The fourth-order valence-corrected chi connectivity index (χ4v) is 4.79. The second-order valence-electron chi connectivity index (χ2n) is 11.2. The van der Waals surface area contributed by atoms with Crippen LogP contribution < -0.4 is 5.32 Å². The van der Waals surface area contributed by atoms with Crippen LogP contribution in [-0.4, -0.2) is 143 Å². The van der Waals surface area contributed by atoms with Crippen molar-refractivity contribution < 1.29 is 64.2 Å². The largest absolute Gasteiger partial charge is 0.396 e. The van der Waals surface area contributed by atoms with Crippen molar-refractivity contribution in [2.24, 2.45) is 5.41 Å². The van der Waals surface area contributed by atoms with Crippen molar-refractivity contribution in [1.82, 2.24) is 5.32 Å². The number of hydrogen-bond acceptors (Lipinski definition) is 13. The van der Waals surface area contributed by atoms with E-state index in [1.54, 1.807) is 0 Å². The lowest BCUT2D eigenvalue weighted by Gasteiger charge is -2.47. The van der Waals surface area contributed by atoms with Crippen LogP contribution in [0.3, 0.4) is 0 Å². The number of amides is 1. The SMILES string of the molecule is CCCCCCCCOC1OC(COCC(CO)(CO)CO)C(O)C(OC2OC(C)C(O)C(O)C2O)C1NC(C)=O. The van der Waals surface area contributed by atoms with E-state index in [0.29, 0.717) is 0 Å². The van der Waals surface area contributed by atoms with Crippen LogP contribution in [0.5, 0.6) is 0 Å². The molecule has 8 N–H and O–H groups in total. The van der Waals surface area contributed by atoms with Crippen LogP contribution in [0.4, 0.5) is 0 Å². The fourth-order valence-electron chi connectivity index (χ4n) is 4.79. The van der Waals surface area contributed by atoms with Crippen molar-refractivity contribution in [2.75, 3.05) is 39.6 Å². The average molecular weight is 598 g/mol. The van der Waals surface area contributed by atoms with Crippen LogP contribution in [-0.2, 0) is 28.5 Å². The Kier molecular flexibility index (Phi) is 15.8. The summed E-state index contributed by atoms with van der Waals surface area (Å²) in [6, 6.07) is -1.06. The van der Waals surface area contributed by atoms with E-state index in [2.05, 4.69) is 12.2 Å². The van der Waals surface area contributed by atoms with Gasteiger partial charge in [0.05, 0.1) is 44.6 Å². The second kappa shape index (κ2) is 18.0. The van der Waals surface area contributed by atoms with Crippen molar-refractivity contribution in [3.63, 3.8) is 0 Å². The second-order valence-corrected chi connectivity index (χ2v) is 11.2. The van der Waals surface area contributed by atoms with Gasteiger partial charge in [-0.1, -0.05) is 39.0 Å². The van der Waals surface area contributed by atoms with E-state index in [0.717, 1.165) is 38.5 Å². The molecule has 0 aliphatic carbocycles. The predicted octanol–water partition coefficient (Wildman–Crippen LogP) is -1.85.